The summed E-state index contributed by atoms with van der Waals surface area (Å²) in [4.78, 5) is 22.5. The van der Waals surface area contributed by atoms with Crippen molar-refractivity contribution in [3.63, 3.8) is 0 Å². The van der Waals surface area contributed by atoms with Crippen molar-refractivity contribution < 1.29 is 24.2 Å². The SMILES string of the molecule is COC(=O)NCCO[C@H](c1cccc(Cl)c1)c1cc(C)cc(C(=O)O)c1. The van der Waals surface area contributed by atoms with E-state index in [0.29, 0.717) is 10.6 Å². The molecule has 6 nitrogen and oxygen atoms in total. The van der Waals surface area contributed by atoms with Crippen LogP contribution in [0.25, 0.3) is 0 Å². The molecule has 0 aliphatic rings. The highest BCUT2D eigenvalue weighted by Crippen LogP contribution is 2.29. The Balaban J connectivity index is 2.28. The highest BCUT2D eigenvalue weighted by Gasteiger charge is 2.18. The minimum absolute atomic E-state index is 0.184. The van der Waals surface area contributed by atoms with Crippen molar-refractivity contribution in [1.82, 2.24) is 5.32 Å². The van der Waals surface area contributed by atoms with Gasteiger partial charge in [0.1, 0.15) is 6.10 Å². The molecule has 0 aromatic heterocycles. The van der Waals surface area contributed by atoms with Crippen molar-refractivity contribution in [2.24, 2.45) is 0 Å². The van der Waals surface area contributed by atoms with Gasteiger partial charge < -0.3 is 19.9 Å². The number of halogens is 1. The van der Waals surface area contributed by atoms with E-state index in [1.165, 1.54) is 7.11 Å². The Morgan fingerprint density at radius 2 is 1.96 bits per heavy atom. The van der Waals surface area contributed by atoms with Crippen LogP contribution in [-0.4, -0.2) is 37.4 Å². The average Bonchev–Trinajstić information content (AvgIpc) is 2.60. The number of hydrogen-bond acceptors (Lipinski definition) is 4. The van der Waals surface area contributed by atoms with Crippen molar-refractivity contribution in [1.29, 1.82) is 0 Å². The highest BCUT2D eigenvalue weighted by atomic mass is 35.5. The summed E-state index contributed by atoms with van der Waals surface area (Å²) in [5.41, 5.74) is 2.48. The number of carboxylic acids is 1. The largest absolute Gasteiger partial charge is 0.478 e. The van der Waals surface area contributed by atoms with Crippen LogP contribution in [0.4, 0.5) is 4.79 Å². The molecule has 0 radical (unpaired) electrons. The summed E-state index contributed by atoms with van der Waals surface area (Å²) >= 11 is 6.09. The van der Waals surface area contributed by atoms with Crippen LogP contribution in [0.1, 0.15) is 33.2 Å². The van der Waals surface area contributed by atoms with E-state index in [1.54, 1.807) is 30.3 Å². The Labute approximate surface area is 156 Å². The van der Waals surface area contributed by atoms with Crippen LogP contribution >= 0.6 is 11.6 Å². The van der Waals surface area contributed by atoms with Crippen LogP contribution in [0.15, 0.2) is 42.5 Å². The molecule has 0 saturated heterocycles. The topological polar surface area (TPSA) is 84.9 Å². The molecule has 0 unspecified atom stereocenters. The number of nitrogens with one attached hydrogen (secondary N) is 1. The van der Waals surface area contributed by atoms with Crippen molar-refractivity contribution in [2.45, 2.75) is 13.0 Å². The van der Waals surface area contributed by atoms with Crippen molar-refractivity contribution >= 4 is 23.7 Å². The average molecular weight is 378 g/mol. The summed E-state index contributed by atoms with van der Waals surface area (Å²) in [7, 11) is 1.28. The fourth-order valence-corrected chi connectivity index (χ4v) is 2.74. The molecule has 0 fully saturated rings. The first-order valence-electron chi connectivity index (χ1n) is 7.94. The molecular weight excluding hydrogens is 358 g/mol. The number of carbonyl (C=O) groups excluding carboxylic acids is 1. The lowest BCUT2D eigenvalue weighted by Gasteiger charge is -2.20. The molecule has 0 saturated carbocycles. The standard InChI is InChI=1S/C19H20ClNO5/c1-12-8-14(10-15(9-12)18(22)23)17(13-4-3-5-16(20)11-13)26-7-6-21-19(24)25-2/h3-5,8-11,17H,6-7H2,1-2H3,(H,21,24)(H,22,23)/t17-/m1/s1. The summed E-state index contributed by atoms with van der Waals surface area (Å²) < 4.78 is 10.4. The number of alkyl carbamates (subject to hydrolysis) is 1. The van der Waals surface area contributed by atoms with Gasteiger partial charge in [0, 0.05) is 11.6 Å². The van der Waals surface area contributed by atoms with Crippen molar-refractivity contribution in [2.75, 3.05) is 20.3 Å². The Bertz CT molecular complexity index is 793. The first kappa shape index (κ1) is 19.8. The van der Waals surface area contributed by atoms with Crippen LogP contribution in [0.5, 0.6) is 0 Å². The quantitative estimate of drug-likeness (QED) is 0.717. The van der Waals surface area contributed by atoms with Gasteiger partial charge >= 0.3 is 12.1 Å². The van der Waals surface area contributed by atoms with Gasteiger partial charge in [0.2, 0.25) is 0 Å². The summed E-state index contributed by atoms with van der Waals surface area (Å²) in [6.45, 7) is 2.29. The maximum absolute atomic E-state index is 11.4. The number of amides is 1. The lowest BCUT2D eigenvalue weighted by Crippen LogP contribution is -2.27. The van der Waals surface area contributed by atoms with Crippen LogP contribution in [-0.2, 0) is 9.47 Å². The lowest BCUT2D eigenvalue weighted by molar-refractivity contribution is 0.0693. The fraction of sp³-hybridized carbons (Fsp3) is 0.263. The number of rotatable bonds is 7. The Morgan fingerprint density at radius 1 is 1.19 bits per heavy atom. The van der Waals surface area contributed by atoms with Gasteiger partial charge in [0.25, 0.3) is 0 Å². The predicted molar refractivity (Wildman–Crippen MR) is 97.8 cm³/mol. The van der Waals surface area contributed by atoms with Crippen molar-refractivity contribution in [3.8, 4) is 0 Å². The van der Waals surface area contributed by atoms with E-state index >= 15 is 0 Å². The number of ether oxygens (including phenoxy) is 2. The summed E-state index contributed by atoms with van der Waals surface area (Å²) in [6.07, 6.45) is -1.07. The molecule has 7 heteroatoms. The maximum Gasteiger partial charge on any atom is 0.406 e. The zero-order chi connectivity index (χ0) is 19.1. The molecule has 0 bridgehead atoms. The zero-order valence-electron chi connectivity index (χ0n) is 14.5. The van der Waals surface area contributed by atoms with E-state index in [1.807, 2.05) is 19.1 Å². The molecular formula is C19H20ClNO5. The molecule has 1 amide bonds. The molecule has 2 rings (SSSR count). The summed E-state index contributed by atoms with van der Waals surface area (Å²) in [6, 6.07) is 12.2. The fourth-order valence-electron chi connectivity index (χ4n) is 2.54. The van der Waals surface area contributed by atoms with E-state index < -0.39 is 18.2 Å². The molecule has 2 N–H and O–H groups in total. The summed E-state index contributed by atoms with van der Waals surface area (Å²) in [5, 5.41) is 12.4. The van der Waals surface area contributed by atoms with E-state index in [4.69, 9.17) is 16.3 Å². The Morgan fingerprint density at radius 3 is 2.62 bits per heavy atom. The molecule has 2 aromatic carbocycles. The Hall–Kier alpha value is -2.57. The van der Waals surface area contributed by atoms with E-state index in [0.717, 1.165) is 11.1 Å². The molecule has 0 heterocycles. The monoisotopic (exact) mass is 377 g/mol. The number of methoxy groups -OCH3 is 1. The molecule has 26 heavy (non-hydrogen) atoms. The molecule has 0 aliphatic carbocycles. The number of aromatic carboxylic acids is 1. The molecule has 1 atom stereocenters. The number of carboxylic acid groups (broad SMARTS) is 1. The number of hydrogen-bond donors (Lipinski definition) is 2. The van der Waals surface area contributed by atoms with Gasteiger partial charge in [0.05, 0.1) is 19.3 Å². The normalized spacial score (nSPS) is 11.7. The number of aryl methyl sites for hydroxylation is 1. The molecule has 0 spiro atoms. The number of carbonyl (C=O) groups is 2. The predicted octanol–water partition coefficient (Wildman–Crippen LogP) is 3.81. The minimum atomic E-state index is -1.01. The first-order chi connectivity index (χ1) is 12.4. The van der Waals surface area contributed by atoms with Crippen molar-refractivity contribution in [3.05, 3.63) is 69.7 Å². The number of benzene rings is 2. The third kappa shape index (κ3) is 5.47. The molecule has 138 valence electrons. The van der Waals surface area contributed by atoms with Gasteiger partial charge in [-0.25, -0.2) is 9.59 Å². The smallest absolute Gasteiger partial charge is 0.406 e. The van der Waals surface area contributed by atoms with Crippen LogP contribution in [0.3, 0.4) is 0 Å². The van der Waals surface area contributed by atoms with Gasteiger partial charge in [-0.1, -0.05) is 29.8 Å². The van der Waals surface area contributed by atoms with E-state index in [-0.39, 0.29) is 18.7 Å². The minimum Gasteiger partial charge on any atom is -0.478 e. The van der Waals surface area contributed by atoms with E-state index in [9.17, 15) is 14.7 Å². The Kier molecular flexibility index (Phi) is 7.00. The second kappa shape index (κ2) is 9.22. The second-order valence-corrected chi connectivity index (χ2v) is 6.10. The van der Waals surface area contributed by atoms with Gasteiger partial charge in [-0.2, -0.15) is 0 Å². The van der Waals surface area contributed by atoms with Gasteiger partial charge in [-0.15, -0.1) is 0 Å². The van der Waals surface area contributed by atoms with E-state index in [2.05, 4.69) is 10.1 Å². The highest BCUT2D eigenvalue weighted by molar-refractivity contribution is 6.30. The van der Waals surface area contributed by atoms with Gasteiger partial charge in [0.15, 0.2) is 0 Å². The first-order valence-corrected chi connectivity index (χ1v) is 8.32. The van der Waals surface area contributed by atoms with Crippen LogP contribution in [0, 0.1) is 6.92 Å². The van der Waals surface area contributed by atoms with Crippen LogP contribution in [0.2, 0.25) is 5.02 Å². The zero-order valence-corrected chi connectivity index (χ0v) is 15.2. The maximum atomic E-state index is 11.4. The third-order valence-corrected chi connectivity index (χ3v) is 3.88. The third-order valence-electron chi connectivity index (χ3n) is 3.64. The molecule has 2 aromatic rings. The lowest BCUT2D eigenvalue weighted by atomic mass is 9.97. The molecule has 0 aliphatic heterocycles. The van der Waals surface area contributed by atoms with Crippen LogP contribution < -0.4 is 5.32 Å². The summed E-state index contributed by atoms with van der Waals surface area (Å²) in [5.74, 6) is -1.01. The van der Waals surface area contributed by atoms with Gasteiger partial charge in [-0.05, 0) is 47.9 Å². The second-order valence-electron chi connectivity index (χ2n) is 5.66. The van der Waals surface area contributed by atoms with Gasteiger partial charge in [-0.3, -0.25) is 0 Å².